The van der Waals surface area contributed by atoms with Crippen LogP contribution in [-0.2, 0) is 19.6 Å². The third-order valence-electron chi connectivity index (χ3n) is 2.65. The van der Waals surface area contributed by atoms with E-state index in [1.807, 2.05) is 11.6 Å². The fraction of sp³-hybridized carbons (Fsp3) is 0.417. The highest BCUT2D eigenvalue weighted by atomic mass is 79.9. The molecule has 0 saturated carbocycles. The van der Waals surface area contributed by atoms with E-state index in [2.05, 4.69) is 50.1 Å². The third-order valence-corrected chi connectivity index (χ3v) is 4.42. The number of nitrogens with zero attached hydrogens (tertiary/aromatic N) is 2. The second kappa shape index (κ2) is 5.80. The van der Waals surface area contributed by atoms with E-state index in [4.69, 9.17) is 0 Å². The molecule has 2 rings (SSSR count). The van der Waals surface area contributed by atoms with Crippen molar-refractivity contribution in [2.75, 3.05) is 0 Å². The van der Waals surface area contributed by atoms with Crippen LogP contribution >= 0.6 is 27.3 Å². The van der Waals surface area contributed by atoms with Crippen LogP contribution in [0.1, 0.15) is 23.9 Å². The van der Waals surface area contributed by atoms with Gasteiger partial charge in [0.15, 0.2) is 0 Å². The zero-order valence-corrected chi connectivity index (χ0v) is 12.4. The number of nitrogens with one attached hydrogen (secondary N) is 1. The van der Waals surface area contributed by atoms with Crippen molar-refractivity contribution in [3.05, 3.63) is 38.3 Å². The van der Waals surface area contributed by atoms with Crippen molar-refractivity contribution >= 4 is 27.3 Å². The summed E-state index contributed by atoms with van der Waals surface area (Å²) in [5, 5.41) is 12.2. The van der Waals surface area contributed by atoms with Crippen molar-refractivity contribution in [1.82, 2.24) is 15.1 Å². The molecule has 0 aliphatic heterocycles. The quantitative estimate of drug-likeness (QED) is 0.917. The number of thiophene rings is 1. The Bertz CT molecular complexity index is 476. The van der Waals surface area contributed by atoms with E-state index in [1.54, 1.807) is 11.3 Å². The fourth-order valence-electron chi connectivity index (χ4n) is 1.76. The SMILES string of the molecule is CCn1nc(C)c(Br)c1CNCc1ccsc1. The van der Waals surface area contributed by atoms with E-state index in [0.717, 1.165) is 29.8 Å². The van der Waals surface area contributed by atoms with Gasteiger partial charge in [0.25, 0.3) is 0 Å². The summed E-state index contributed by atoms with van der Waals surface area (Å²) < 4.78 is 3.16. The van der Waals surface area contributed by atoms with Crippen LogP contribution in [0.5, 0.6) is 0 Å². The smallest absolute Gasteiger partial charge is 0.0739 e. The largest absolute Gasteiger partial charge is 0.307 e. The molecule has 0 atom stereocenters. The minimum Gasteiger partial charge on any atom is -0.307 e. The number of halogens is 1. The van der Waals surface area contributed by atoms with Gasteiger partial charge in [0, 0.05) is 19.6 Å². The van der Waals surface area contributed by atoms with Gasteiger partial charge in [0.1, 0.15) is 0 Å². The number of rotatable bonds is 5. The van der Waals surface area contributed by atoms with Gasteiger partial charge < -0.3 is 5.32 Å². The van der Waals surface area contributed by atoms with E-state index >= 15 is 0 Å². The van der Waals surface area contributed by atoms with Crippen molar-refractivity contribution in [1.29, 1.82) is 0 Å². The first-order chi connectivity index (χ1) is 8.22. The van der Waals surface area contributed by atoms with Gasteiger partial charge in [-0.3, -0.25) is 4.68 Å². The lowest BCUT2D eigenvalue weighted by atomic mass is 10.3. The van der Waals surface area contributed by atoms with Gasteiger partial charge in [-0.1, -0.05) is 0 Å². The molecule has 0 aromatic carbocycles. The van der Waals surface area contributed by atoms with Gasteiger partial charge in [0.2, 0.25) is 0 Å². The molecule has 17 heavy (non-hydrogen) atoms. The van der Waals surface area contributed by atoms with Crippen LogP contribution in [0.3, 0.4) is 0 Å². The van der Waals surface area contributed by atoms with Crippen molar-refractivity contribution in [3.8, 4) is 0 Å². The average molecular weight is 314 g/mol. The molecule has 0 aliphatic rings. The predicted molar refractivity (Wildman–Crippen MR) is 75.2 cm³/mol. The highest BCUT2D eigenvalue weighted by Gasteiger charge is 2.11. The maximum atomic E-state index is 4.48. The predicted octanol–water partition coefficient (Wildman–Crippen LogP) is 3.33. The summed E-state index contributed by atoms with van der Waals surface area (Å²) in [6.45, 7) is 6.79. The van der Waals surface area contributed by atoms with Crippen LogP contribution < -0.4 is 5.32 Å². The summed E-state index contributed by atoms with van der Waals surface area (Å²) in [4.78, 5) is 0. The van der Waals surface area contributed by atoms with E-state index in [1.165, 1.54) is 11.3 Å². The molecule has 0 unspecified atom stereocenters. The number of hydrogen-bond acceptors (Lipinski definition) is 3. The molecule has 2 aromatic heterocycles. The molecule has 2 aromatic rings. The Labute approximate surface area is 114 Å². The normalized spacial score (nSPS) is 11.0. The monoisotopic (exact) mass is 313 g/mol. The lowest BCUT2D eigenvalue weighted by Gasteiger charge is -2.06. The molecule has 0 spiro atoms. The first-order valence-electron chi connectivity index (χ1n) is 5.66. The second-order valence-electron chi connectivity index (χ2n) is 3.90. The van der Waals surface area contributed by atoms with Gasteiger partial charge in [-0.05, 0) is 52.2 Å². The van der Waals surface area contributed by atoms with Crippen molar-refractivity contribution in [2.45, 2.75) is 33.5 Å². The van der Waals surface area contributed by atoms with Crippen molar-refractivity contribution < 1.29 is 0 Å². The van der Waals surface area contributed by atoms with Crippen LogP contribution in [0.15, 0.2) is 21.3 Å². The standard InChI is InChI=1S/C12H16BrN3S/c1-3-16-11(12(13)9(2)15-16)7-14-6-10-4-5-17-8-10/h4-5,8,14H,3,6-7H2,1-2H3. The van der Waals surface area contributed by atoms with Crippen molar-refractivity contribution in [3.63, 3.8) is 0 Å². The highest BCUT2D eigenvalue weighted by molar-refractivity contribution is 9.10. The molecule has 1 N–H and O–H groups in total. The number of aromatic nitrogens is 2. The third kappa shape index (κ3) is 2.97. The van der Waals surface area contributed by atoms with Gasteiger partial charge in [-0.25, -0.2) is 0 Å². The molecule has 0 fully saturated rings. The van der Waals surface area contributed by atoms with Gasteiger partial charge in [-0.15, -0.1) is 0 Å². The summed E-state index contributed by atoms with van der Waals surface area (Å²) in [7, 11) is 0. The van der Waals surface area contributed by atoms with Gasteiger partial charge >= 0.3 is 0 Å². The van der Waals surface area contributed by atoms with E-state index < -0.39 is 0 Å². The first-order valence-corrected chi connectivity index (χ1v) is 7.39. The minimum absolute atomic E-state index is 0.838. The van der Waals surface area contributed by atoms with Crippen LogP contribution in [0.25, 0.3) is 0 Å². The Morgan fingerprint density at radius 2 is 2.29 bits per heavy atom. The summed E-state index contributed by atoms with van der Waals surface area (Å²) in [5.74, 6) is 0. The molecule has 0 radical (unpaired) electrons. The van der Waals surface area contributed by atoms with Crippen LogP contribution in [0, 0.1) is 6.92 Å². The Balaban J connectivity index is 1.98. The molecular formula is C12H16BrN3S. The second-order valence-corrected chi connectivity index (χ2v) is 5.47. The number of hydrogen-bond donors (Lipinski definition) is 1. The molecular weight excluding hydrogens is 298 g/mol. The Morgan fingerprint density at radius 3 is 2.94 bits per heavy atom. The Morgan fingerprint density at radius 1 is 1.47 bits per heavy atom. The molecule has 3 nitrogen and oxygen atoms in total. The maximum absolute atomic E-state index is 4.48. The molecule has 0 saturated heterocycles. The summed E-state index contributed by atoms with van der Waals surface area (Å²) >= 11 is 5.33. The summed E-state index contributed by atoms with van der Waals surface area (Å²) in [6, 6.07) is 2.15. The van der Waals surface area contributed by atoms with Crippen LogP contribution in [0.4, 0.5) is 0 Å². The zero-order valence-electron chi connectivity index (χ0n) is 10.0. The molecule has 92 valence electrons. The van der Waals surface area contributed by atoms with E-state index in [0.29, 0.717) is 0 Å². The lowest BCUT2D eigenvalue weighted by Crippen LogP contribution is -2.16. The molecule has 0 aliphatic carbocycles. The molecule has 5 heteroatoms. The van der Waals surface area contributed by atoms with Gasteiger partial charge in [0.05, 0.1) is 15.9 Å². The van der Waals surface area contributed by atoms with Crippen LogP contribution in [-0.4, -0.2) is 9.78 Å². The topological polar surface area (TPSA) is 29.9 Å². The first kappa shape index (κ1) is 12.8. The fourth-order valence-corrected chi connectivity index (χ4v) is 2.85. The number of aryl methyl sites for hydroxylation is 2. The highest BCUT2D eigenvalue weighted by Crippen LogP contribution is 2.20. The molecule has 0 bridgehead atoms. The zero-order chi connectivity index (χ0) is 12.3. The van der Waals surface area contributed by atoms with Crippen LogP contribution in [0.2, 0.25) is 0 Å². The van der Waals surface area contributed by atoms with E-state index in [9.17, 15) is 0 Å². The molecule has 2 heterocycles. The van der Waals surface area contributed by atoms with E-state index in [-0.39, 0.29) is 0 Å². The molecule has 0 amide bonds. The Kier molecular flexibility index (Phi) is 4.36. The maximum Gasteiger partial charge on any atom is 0.0739 e. The van der Waals surface area contributed by atoms with Crippen molar-refractivity contribution in [2.24, 2.45) is 0 Å². The summed E-state index contributed by atoms with van der Waals surface area (Å²) in [5.41, 5.74) is 3.62. The summed E-state index contributed by atoms with van der Waals surface area (Å²) in [6.07, 6.45) is 0. The lowest BCUT2D eigenvalue weighted by molar-refractivity contribution is 0.578. The minimum atomic E-state index is 0.838. The Hall–Kier alpha value is -0.650. The average Bonchev–Trinajstić information content (AvgIpc) is 2.92. The van der Waals surface area contributed by atoms with Gasteiger partial charge in [-0.2, -0.15) is 16.4 Å².